The number of carboxylic acids is 2. The standard InChI is InChI=1S/C20H20ClFN6O6/c21-19-26-14(24)13-15(27-19)28(8-25-13)16-12(22)5-11(34-16)7-33-20(17(29)30,18(31)32)6-9-2-1-3-10(23)4-9/h1-4,8,11-12,16H,5-7,23H2,(H,29,30)(H,31,32)(H2,24,26,27). The van der Waals surface area contributed by atoms with Crippen LogP contribution in [0.25, 0.3) is 11.2 Å². The van der Waals surface area contributed by atoms with Gasteiger partial charge in [-0.1, -0.05) is 12.1 Å². The van der Waals surface area contributed by atoms with Gasteiger partial charge in [0.1, 0.15) is 11.7 Å². The van der Waals surface area contributed by atoms with Crippen LogP contribution >= 0.6 is 11.6 Å². The molecule has 0 amide bonds. The number of carbonyl (C=O) groups is 2. The predicted octanol–water partition coefficient (Wildman–Crippen LogP) is 1.44. The van der Waals surface area contributed by atoms with E-state index in [1.54, 1.807) is 12.1 Å². The second-order valence-electron chi connectivity index (χ2n) is 7.77. The molecule has 14 heteroatoms. The van der Waals surface area contributed by atoms with Crippen LogP contribution in [0.1, 0.15) is 18.2 Å². The first kappa shape index (κ1) is 23.6. The number of alkyl halides is 1. The summed E-state index contributed by atoms with van der Waals surface area (Å²) in [6.07, 6.45) is -3.12. The van der Waals surface area contributed by atoms with Crippen LogP contribution in [0.4, 0.5) is 15.9 Å². The van der Waals surface area contributed by atoms with Crippen LogP contribution < -0.4 is 11.5 Å². The average Bonchev–Trinajstić information content (AvgIpc) is 3.33. The number of aromatic nitrogens is 4. The number of nitrogens with two attached hydrogens (primary N) is 2. The second kappa shape index (κ2) is 9.00. The smallest absolute Gasteiger partial charge is 0.348 e. The highest BCUT2D eigenvalue weighted by atomic mass is 35.5. The van der Waals surface area contributed by atoms with Gasteiger partial charge in [-0.15, -0.1) is 0 Å². The van der Waals surface area contributed by atoms with E-state index in [4.69, 9.17) is 32.5 Å². The lowest BCUT2D eigenvalue weighted by molar-refractivity contribution is -0.188. The lowest BCUT2D eigenvalue weighted by Crippen LogP contribution is -2.52. The van der Waals surface area contributed by atoms with Gasteiger partial charge in [0.25, 0.3) is 5.60 Å². The number of anilines is 2. The van der Waals surface area contributed by atoms with Crippen molar-refractivity contribution >= 4 is 46.2 Å². The molecule has 0 aliphatic carbocycles. The van der Waals surface area contributed by atoms with E-state index in [0.717, 1.165) is 0 Å². The zero-order chi connectivity index (χ0) is 24.6. The third kappa shape index (κ3) is 4.32. The molecule has 6 N–H and O–H groups in total. The second-order valence-corrected chi connectivity index (χ2v) is 8.11. The van der Waals surface area contributed by atoms with E-state index in [1.807, 2.05) is 0 Å². The number of ether oxygens (including phenoxy) is 2. The Morgan fingerprint density at radius 1 is 1.29 bits per heavy atom. The molecule has 1 aliphatic heterocycles. The first-order valence-electron chi connectivity index (χ1n) is 10.0. The number of carboxylic acid groups (broad SMARTS) is 2. The van der Waals surface area contributed by atoms with Crippen LogP contribution in [0.5, 0.6) is 0 Å². The molecule has 3 atom stereocenters. The van der Waals surface area contributed by atoms with E-state index in [9.17, 15) is 24.2 Å². The Morgan fingerprint density at radius 2 is 2.03 bits per heavy atom. The lowest BCUT2D eigenvalue weighted by atomic mass is 9.94. The number of nitrogen functional groups attached to an aromatic ring is 2. The molecule has 0 bridgehead atoms. The molecule has 3 heterocycles. The maximum atomic E-state index is 14.9. The number of hydrogen-bond donors (Lipinski definition) is 4. The van der Waals surface area contributed by atoms with Crippen molar-refractivity contribution in [3.8, 4) is 0 Å². The molecule has 34 heavy (non-hydrogen) atoms. The quantitative estimate of drug-likeness (QED) is 0.201. The highest BCUT2D eigenvalue weighted by molar-refractivity contribution is 6.28. The summed E-state index contributed by atoms with van der Waals surface area (Å²) in [4.78, 5) is 35.8. The average molecular weight is 495 g/mol. The fourth-order valence-electron chi connectivity index (χ4n) is 3.79. The zero-order valence-electron chi connectivity index (χ0n) is 17.5. The molecule has 3 aromatic rings. The van der Waals surface area contributed by atoms with Gasteiger partial charge in [-0.2, -0.15) is 9.97 Å². The van der Waals surface area contributed by atoms with Crippen LogP contribution in [0.3, 0.4) is 0 Å². The highest BCUT2D eigenvalue weighted by Crippen LogP contribution is 2.35. The van der Waals surface area contributed by atoms with E-state index in [-0.39, 0.29) is 28.7 Å². The maximum absolute atomic E-state index is 14.9. The zero-order valence-corrected chi connectivity index (χ0v) is 18.2. The number of fused-ring (bicyclic) bond motifs is 1. The number of rotatable bonds is 8. The Balaban J connectivity index is 1.53. The monoisotopic (exact) mass is 494 g/mol. The van der Waals surface area contributed by atoms with E-state index >= 15 is 0 Å². The fraction of sp³-hybridized carbons (Fsp3) is 0.350. The highest BCUT2D eigenvalue weighted by Gasteiger charge is 2.50. The molecule has 1 aromatic carbocycles. The van der Waals surface area contributed by atoms with Crippen molar-refractivity contribution in [2.75, 3.05) is 18.1 Å². The number of hydrogen-bond acceptors (Lipinski definition) is 9. The minimum Gasteiger partial charge on any atom is -0.479 e. The number of imidazole rings is 1. The van der Waals surface area contributed by atoms with Crippen molar-refractivity contribution in [1.82, 2.24) is 19.5 Å². The van der Waals surface area contributed by atoms with Crippen molar-refractivity contribution in [3.05, 3.63) is 41.4 Å². The van der Waals surface area contributed by atoms with Crippen molar-refractivity contribution < 1.29 is 33.7 Å². The summed E-state index contributed by atoms with van der Waals surface area (Å²) in [6, 6.07) is 6.12. The maximum Gasteiger partial charge on any atom is 0.348 e. The van der Waals surface area contributed by atoms with Gasteiger partial charge < -0.3 is 31.2 Å². The number of halogens is 2. The van der Waals surface area contributed by atoms with Gasteiger partial charge >= 0.3 is 11.9 Å². The van der Waals surface area contributed by atoms with Gasteiger partial charge in [-0.3, -0.25) is 4.57 Å². The van der Waals surface area contributed by atoms with Crippen LogP contribution in [0, 0.1) is 0 Å². The van der Waals surface area contributed by atoms with Crippen molar-refractivity contribution in [3.63, 3.8) is 0 Å². The number of nitrogens with zero attached hydrogens (tertiary/aromatic N) is 4. The largest absolute Gasteiger partial charge is 0.479 e. The van der Waals surface area contributed by atoms with Gasteiger partial charge in [-0.25, -0.2) is 19.0 Å². The van der Waals surface area contributed by atoms with E-state index < -0.39 is 49.1 Å². The SMILES string of the molecule is Nc1cccc(CC(OCC2CC(F)C(n3cnc4c(N)nc(Cl)nc43)O2)(C(=O)O)C(=O)O)c1. The third-order valence-electron chi connectivity index (χ3n) is 5.44. The van der Waals surface area contributed by atoms with Crippen LogP contribution in [0.15, 0.2) is 30.6 Å². The van der Waals surface area contributed by atoms with Gasteiger partial charge in [-0.05, 0) is 29.3 Å². The summed E-state index contributed by atoms with van der Waals surface area (Å²) >= 11 is 5.84. The molecule has 1 saturated heterocycles. The van der Waals surface area contributed by atoms with Gasteiger partial charge in [0.15, 0.2) is 17.7 Å². The molecular weight excluding hydrogens is 475 g/mol. The number of aliphatic carboxylic acids is 2. The topological polar surface area (TPSA) is 189 Å². The molecule has 0 saturated carbocycles. The Labute approximate surface area is 196 Å². The minimum absolute atomic E-state index is 0.0105. The van der Waals surface area contributed by atoms with Crippen molar-refractivity contribution in [1.29, 1.82) is 0 Å². The van der Waals surface area contributed by atoms with Gasteiger partial charge in [0.05, 0.1) is 19.0 Å². The third-order valence-corrected chi connectivity index (χ3v) is 5.60. The molecule has 0 spiro atoms. The molecule has 2 aromatic heterocycles. The van der Waals surface area contributed by atoms with E-state index in [2.05, 4.69) is 15.0 Å². The summed E-state index contributed by atoms with van der Waals surface area (Å²) in [6.45, 7) is -0.498. The normalized spacial score (nSPS) is 20.6. The Morgan fingerprint density at radius 3 is 2.71 bits per heavy atom. The van der Waals surface area contributed by atoms with Crippen molar-refractivity contribution in [2.24, 2.45) is 0 Å². The van der Waals surface area contributed by atoms with Crippen LogP contribution in [0.2, 0.25) is 5.28 Å². The Bertz CT molecular complexity index is 1240. The first-order valence-corrected chi connectivity index (χ1v) is 10.4. The van der Waals surface area contributed by atoms with Crippen LogP contribution in [-0.2, 0) is 25.5 Å². The van der Waals surface area contributed by atoms with E-state index in [0.29, 0.717) is 11.3 Å². The summed E-state index contributed by atoms with van der Waals surface area (Å²) in [5, 5.41) is 19.3. The fourth-order valence-corrected chi connectivity index (χ4v) is 3.96. The molecule has 1 fully saturated rings. The first-order chi connectivity index (χ1) is 16.1. The van der Waals surface area contributed by atoms with E-state index in [1.165, 1.54) is 23.0 Å². The molecule has 1 aliphatic rings. The molecule has 4 rings (SSSR count). The molecule has 12 nitrogen and oxygen atoms in total. The molecule has 3 unspecified atom stereocenters. The minimum atomic E-state index is -2.63. The lowest BCUT2D eigenvalue weighted by Gasteiger charge is -2.27. The summed E-state index contributed by atoms with van der Waals surface area (Å²) in [5.74, 6) is -3.41. The summed E-state index contributed by atoms with van der Waals surface area (Å²) in [5.41, 5.74) is 9.89. The molecular formula is C20H20ClFN6O6. The molecule has 180 valence electrons. The Kier molecular flexibility index (Phi) is 6.25. The predicted molar refractivity (Wildman–Crippen MR) is 117 cm³/mol. The van der Waals surface area contributed by atoms with Gasteiger partial charge in [0.2, 0.25) is 5.28 Å². The van der Waals surface area contributed by atoms with Crippen LogP contribution in [-0.4, -0.2) is 66.2 Å². The number of benzene rings is 1. The Hall–Kier alpha value is -3.55. The van der Waals surface area contributed by atoms with Gasteiger partial charge in [0, 0.05) is 18.5 Å². The molecule has 0 radical (unpaired) electrons. The van der Waals surface area contributed by atoms with Crippen molar-refractivity contribution in [2.45, 2.75) is 36.9 Å². The summed E-state index contributed by atoms with van der Waals surface area (Å²) < 4.78 is 27.3. The summed E-state index contributed by atoms with van der Waals surface area (Å²) in [7, 11) is 0.